The fraction of sp³-hybridized carbons (Fsp3) is 0.333. The fourth-order valence-corrected chi connectivity index (χ4v) is 5.14. The van der Waals surface area contributed by atoms with E-state index in [1.165, 1.54) is 22.5 Å². The van der Waals surface area contributed by atoms with Crippen LogP contribution in [0.25, 0.3) is 0 Å². The first kappa shape index (κ1) is 20.4. The van der Waals surface area contributed by atoms with E-state index in [-0.39, 0.29) is 42.3 Å². The Hall–Kier alpha value is -2.91. The SMILES string of the molecule is O=C1COc2cc(S(=O)(=O)N3CCC(C(=O)NCc4ccccc4)CC3)ccc2N1. The minimum absolute atomic E-state index is 0.0474. The summed E-state index contributed by atoms with van der Waals surface area (Å²) in [6.45, 7) is 0.880. The van der Waals surface area contributed by atoms with E-state index < -0.39 is 10.0 Å². The predicted molar refractivity (Wildman–Crippen MR) is 110 cm³/mol. The number of nitrogens with zero attached hydrogens (tertiary/aromatic N) is 1. The zero-order chi connectivity index (χ0) is 21.1. The highest BCUT2D eigenvalue weighted by atomic mass is 32.2. The van der Waals surface area contributed by atoms with Crippen LogP contribution in [0.1, 0.15) is 18.4 Å². The first-order valence-corrected chi connectivity index (χ1v) is 11.3. The number of amides is 2. The van der Waals surface area contributed by atoms with Crippen LogP contribution in [0, 0.1) is 5.92 Å². The Kier molecular flexibility index (Phi) is 5.74. The highest BCUT2D eigenvalue weighted by molar-refractivity contribution is 7.89. The molecule has 2 aliphatic rings. The number of anilines is 1. The van der Waals surface area contributed by atoms with Crippen molar-refractivity contribution in [1.82, 2.24) is 9.62 Å². The van der Waals surface area contributed by atoms with Crippen LogP contribution in [0.5, 0.6) is 5.75 Å². The van der Waals surface area contributed by atoms with Crippen LogP contribution in [0.2, 0.25) is 0 Å². The third-order valence-corrected chi connectivity index (χ3v) is 7.25. The molecule has 0 aliphatic carbocycles. The summed E-state index contributed by atoms with van der Waals surface area (Å²) in [5, 5.41) is 5.58. The lowest BCUT2D eigenvalue weighted by atomic mass is 9.97. The van der Waals surface area contributed by atoms with Crippen molar-refractivity contribution in [2.75, 3.05) is 25.0 Å². The van der Waals surface area contributed by atoms with Gasteiger partial charge in [-0.15, -0.1) is 0 Å². The molecule has 1 saturated heterocycles. The molecule has 0 unspecified atom stereocenters. The van der Waals surface area contributed by atoms with Gasteiger partial charge in [0, 0.05) is 31.6 Å². The minimum atomic E-state index is -3.70. The quantitative estimate of drug-likeness (QED) is 0.753. The van der Waals surface area contributed by atoms with Crippen LogP contribution in [-0.2, 0) is 26.2 Å². The molecule has 8 nitrogen and oxygen atoms in total. The van der Waals surface area contributed by atoms with Crippen LogP contribution in [0.4, 0.5) is 5.69 Å². The summed E-state index contributed by atoms with van der Waals surface area (Å²) in [7, 11) is -3.70. The Balaban J connectivity index is 1.36. The molecule has 0 spiro atoms. The summed E-state index contributed by atoms with van der Waals surface area (Å²) in [4.78, 5) is 23.9. The Morgan fingerprint density at radius 3 is 2.60 bits per heavy atom. The van der Waals surface area contributed by atoms with E-state index in [0.717, 1.165) is 5.56 Å². The summed E-state index contributed by atoms with van der Waals surface area (Å²) in [5.41, 5.74) is 1.48. The minimum Gasteiger partial charge on any atom is -0.482 e. The highest BCUT2D eigenvalue weighted by Crippen LogP contribution is 2.32. The lowest BCUT2D eigenvalue weighted by Gasteiger charge is -2.31. The number of carbonyl (C=O) groups is 2. The van der Waals surface area contributed by atoms with Crippen LogP contribution >= 0.6 is 0 Å². The second-order valence-electron chi connectivity index (χ2n) is 7.38. The topological polar surface area (TPSA) is 105 Å². The molecule has 1 fully saturated rings. The summed E-state index contributed by atoms with van der Waals surface area (Å²) in [5.74, 6) is -0.187. The largest absolute Gasteiger partial charge is 0.482 e. The van der Waals surface area contributed by atoms with E-state index >= 15 is 0 Å². The Morgan fingerprint density at radius 2 is 1.87 bits per heavy atom. The third kappa shape index (κ3) is 4.31. The lowest BCUT2D eigenvalue weighted by Crippen LogP contribution is -2.42. The van der Waals surface area contributed by atoms with Crippen molar-refractivity contribution in [1.29, 1.82) is 0 Å². The van der Waals surface area contributed by atoms with Gasteiger partial charge in [-0.25, -0.2) is 8.42 Å². The van der Waals surface area contributed by atoms with Gasteiger partial charge < -0.3 is 15.4 Å². The van der Waals surface area contributed by atoms with Gasteiger partial charge in [0.25, 0.3) is 5.91 Å². The molecule has 158 valence electrons. The van der Waals surface area contributed by atoms with Crippen molar-refractivity contribution in [3.05, 3.63) is 54.1 Å². The van der Waals surface area contributed by atoms with Gasteiger partial charge in [-0.3, -0.25) is 9.59 Å². The number of carbonyl (C=O) groups excluding carboxylic acids is 2. The number of ether oxygens (including phenoxy) is 1. The van der Waals surface area contributed by atoms with Gasteiger partial charge in [0.05, 0.1) is 10.6 Å². The molecule has 30 heavy (non-hydrogen) atoms. The maximum atomic E-state index is 13.0. The molecule has 9 heteroatoms. The zero-order valence-electron chi connectivity index (χ0n) is 16.3. The number of fused-ring (bicyclic) bond motifs is 1. The van der Waals surface area contributed by atoms with Crippen LogP contribution in [0.3, 0.4) is 0 Å². The Labute approximate surface area is 175 Å². The average Bonchev–Trinajstić information content (AvgIpc) is 2.77. The second-order valence-corrected chi connectivity index (χ2v) is 9.31. The lowest BCUT2D eigenvalue weighted by molar-refractivity contribution is -0.126. The van der Waals surface area contributed by atoms with Crippen LogP contribution in [-0.4, -0.2) is 44.2 Å². The number of rotatable bonds is 5. The molecule has 4 rings (SSSR count). The standard InChI is InChI=1S/C21H23N3O5S/c25-20-14-29-19-12-17(6-7-18(19)23-20)30(27,28)24-10-8-16(9-11-24)21(26)22-13-15-4-2-1-3-5-15/h1-7,12,16H,8-11,13-14H2,(H,22,26)(H,23,25). The number of hydrogen-bond donors (Lipinski definition) is 2. The van der Waals surface area contributed by atoms with Gasteiger partial charge in [0.2, 0.25) is 15.9 Å². The third-order valence-electron chi connectivity index (χ3n) is 5.36. The van der Waals surface area contributed by atoms with Crippen molar-refractivity contribution in [2.24, 2.45) is 5.92 Å². The molecule has 0 radical (unpaired) electrons. The van der Waals surface area contributed by atoms with E-state index in [0.29, 0.717) is 30.8 Å². The van der Waals surface area contributed by atoms with E-state index in [4.69, 9.17) is 4.74 Å². The van der Waals surface area contributed by atoms with Gasteiger partial charge >= 0.3 is 0 Å². The predicted octanol–water partition coefficient (Wildman–Crippen LogP) is 1.73. The molecule has 0 saturated carbocycles. The normalized spacial score (nSPS) is 17.5. The maximum absolute atomic E-state index is 13.0. The van der Waals surface area contributed by atoms with Crippen LogP contribution in [0.15, 0.2) is 53.4 Å². The molecule has 0 aromatic heterocycles. The molecule has 2 aromatic carbocycles. The summed E-state index contributed by atoms with van der Waals surface area (Å²) >= 11 is 0. The van der Waals surface area contributed by atoms with Crippen molar-refractivity contribution in [3.8, 4) is 5.75 Å². The van der Waals surface area contributed by atoms with Gasteiger partial charge in [-0.2, -0.15) is 4.31 Å². The van der Waals surface area contributed by atoms with E-state index in [2.05, 4.69) is 10.6 Å². The fourth-order valence-electron chi connectivity index (χ4n) is 3.65. The van der Waals surface area contributed by atoms with Gasteiger partial charge in [0.1, 0.15) is 5.75 Å². The smallest absolute Gasteiger partial charge is 0.262 e. The molecule has 2 N–H and O–H groups in total. The molecule has 2 aromatic rings. The van der Waals surface area contributed by atoms with Crippen molar-refractivity contribution in [2.45, 2.75) is 24.3 Å². The molecule has 0 atom stereocenters. The van der Waals surface area contributed by atoms with Crippen molar-refractivity contribution < 1.29 is 22.7 Å². The van der Waals surface area contributed by atoms with Gasteiger partial charge in [-0.05, 0) is 30.5 Å². The molecule has 2 heterocycles. The summed E-state index contributed by atoms with van der Waals surface area (Å²) < 4.78 is 32.7. The second kappa shape index (κ2) is 8.45. The van der Waals surface area contributed by atoms with E-state index in [1.807, 2.05) is 30.3 Å². The van der Waals surface area contributed by atoms with Crippen LogP contribution < -0.4 is 15.4 Å². The number of nitrogens with one attached hydrogen (secondary N) is 2. The zero-order valence-corrected chi connectivity index (χ0v) is 17.2. The highest BCUT2D eigenvalue weighted by Gasteiger charge is 2.32. The number of hydrogen-bond acceptors (Lipinski definition) is 5. The van der Waals surface area contributed by atoms with Crippen molar-refractivity contribution >= 4 is 27.5 Å². The molecule has 2 aliphatic heterocycles. The summed E-state index contributed by atoms with van der Waals surface area (Å²) in [6.07, 6.45) is 0.939. The number of benzene rings is 2. The molecular formula is C21H23N3O5S. The monoisotopic (exact) mass is 429 g/mol. The van der Waals surface area contributed by atoms with Gasteiger partial charge in [0.15, 0.2) is 6.61 Å². The van der Waals surface area contributed by atoms with Gasteiger partial charge in [-0.1, -0.05) is 30.3 Å². The molecule has 2 amide bonds. The molecular weight excluding hydrogens is 406 g/mol. The first-order valence-electron chi connectivity index (χ1n) is 9.82. The molecule has 0 bridgehead atoms. The number of piperidine rings is 1. The number of sulfonamides is 1. The Bertz CT molecular complexity index is 1050. The van der Waals surface area contributed by atoms with E-state index in [9.17, 15) is 18.0 Å². The van der Waals surface area contributed by atoms with Crippen molar-refractivity contribution in [3.63, 3.8) is 0 Å². The summed E-state index contributed by atoms with van der Waals surface area (Å²) in [6, 6.07) is 14.1. The average molecular weight is 429 g/mol. The first-order chi connectivity index (χ1) is 14.4. The maximum Gasteiger partial charge on any atom is 0.262 e. The Morgan fingerprint density at radius 1 is 1.13 bits per heavy atom. The van der Waals surface area contributed by atoms with E-state index in [1.54, 1.807) is 0 Å².